The first-order chi connectivity index (χ1) is 16.9. The van der Waals surface area contributed by atoms with Gasteiger partial charge in [0.2, 0.25) is 5.91 Å². The van der Waals surface area contributed by atoms with Crippen LogP contribution in [-0.2, 0) is 11.2 Å². The smallest absolute Gasteiger partial charge is 0.222 e. The molecule has 3 heterocycles. The first kappa shape index (κ1) is 24.3. The molecule has 3 aliphatic heterocycles. The summed E-state index contributed by atoms with van der Waals surface area (Å²) >= 11 is 3.70. The quantitative estimate of drug-likeness (QED) is 0.338. The largest absolute Gasteiger partial charge is 0.508 e. The lowest BCUT2D eigenvalue weighted by atomic mass is 9.75. The van der Waals surface area contributed by atoms with Crippen LogP contribution in [-0.4, -0.2) is 76.5 Å². The molecule has 5 rings (SSSR count). The second-order valence-corrected chi connectivity index (χ2v) is 11.6. The first-order valence-corrected chi connectivity index (χ1v) is 13.7. The predicted octanol–water partition coefficient (Wildman–Crippen LogP) is 4.23. The van der Waals surface area contributed by atoms with Gasteiger partial charge in [-0.15, -0.1) is 0 Å². The van der Waals surface area contributed by atoms with Crippen molar-refractivity contribution in [3.8, 4) is 11.5 Å². The van der Waals surface area contributed by atoms with Crippen LogP contribution in [0.5, 0.6) is 11.5 Å². The van der Waals surface area contributed by atoms with E-state index in [2.05, 4.69) is 25.8 Å². The molecular formula is C27H35BrN4O3. The van der Waals surface area contributed by atoms with Crippen molar-refractivity contribution in [1.29, 1.82) is 0 Å². The minimum Gasteiger partial charge on any atom is -0.508 e. The van der Waals surface area contributed by atoms with E-state index in [1.54, 1.807) is 7.05 Å². The number of aliphatic imine (C=N–C) groups is 2. The number of fused-ring (bicyclic) bond motifs is 1. The van der Waals surface area contributed by atoms with Gasteiger partial charge in [0.1, 0.15) is 11.5 Å². The Morgan fingerprint density at radius 2 is 2.00 bits per heavy atom. The molecule has 7 nitrogen and oxygen atoms in total. The number of hydrogen-bond acceptors (Lipinski definition) is 5. The van der Waals surface area contributed by atoms with Crippen LogP contribution < -0.4 is 0 Å². The highest BCUT2D eigenvalue weighted by Crippen LogP contribution is 2.49. The van der Waals surface area contributed by atoms with Crippen LogP contribution >= 0.6 is 15.9 Å². The number of halogens is 1. The van der Waals surface area contributed by atoms with Crippen molar-refractivity contribution in [3.63, 3.8) is 0 Å². The molecule has 0 bridgehead atoms. The van der Waals surface area contributed by atoms with Crippen molar-refractivity contribution in [3.05, 3.63) is 34.5 Å². The van der Waals surface area contributed by atoms with E-state index in [0.29, 0.717) is 18.3 Å². The van der Waals surface area contributed by atoms with Gasteiger partial charge in [0, 0.05) is 69.1 Å². The molecule has 188 valence electrons. The molecular weight excluding hydrogens is 508 g/mol. The average molecular weight is 544 g/mol. The molecule has 8 heteroatoms. The van der Waals surface area contributed by atoms with E-state index in [1.807, 2.05) is 23.5 Å². The highest BCUT2D eigenvalue weighted by Gasteiger charge is 2.38. The molecule has 1 aliphatic carbocycles. The van der Waals surface area contributed by atoms with E-state index >= 15 is 0 Å². The van der Waals surface area contributed by atoms with Gasteiger partial charge in [0.15, 0.2) is 0 Å². The highest BCUT2D eigenvalue weighted by atomic mass is 79.9. The molecule has 2 N–H and O–H groups in total. The van der Waals surface area contributed by atoms with Crippen molar-refractivity contribution >= 4 is 34.4 Å². The normalized spacial score (nSPS) is 27.3. The van der Waals surface area contributed by atoms with Crippen molar-refractivity contribution in [2.24, 2.45) is 21.8 Å². The van der Waals surface area contributed by atoms with Gasteiger partial charge in [-0.25, -0.2) is 0 Å². The molecule has 0 radical (unpaired) electrons. The third-order valence-corrected chi connectivity index (χ3v) is 8.69. The second-order valence-electron chi connectivity index (χ2n) is 10.4. The number of phenols is 2. The summed E-state index contributed by atoms with van der Waals surface area (Å²) in [4.78, 5) is 26.5. The number of carbonyl (C=O) groups is 1. The zero-order valence-corrected chi connectivity index (χ0v) is 22.0. The summed E-state index contributed by atoms with van der Waals surface area (Å²) in [7, 11) is 1.79. The average Bonchev–Trinajstić information content (AvgIpc) is 3.20. The van der Waals surface area contributed by atoms with Crippen LogP contribution in [0.25, 0.3) is 0 Å². The summed E-state index contributed by atoms with van der Waals surface area (Å²) in [6, 6.07) is 3.27. The zero-order valence-electron chi connectivity index (χ0n) is 20.4. The minimum absolute atomic E-state index is 0.00618. The number of likely N-dealkylation sites (tertiary alicyclic amines) is 2. The lowest BCUT2D eigenvalue weighted by Crippen LogP contribution is -2.41. The van der Waals surface area contributed by atoms with E-state index in [9.17, 15) is 15.0 Å². The van der Waals surface area contributed by atoms with Crippen LogP contribution in [0.4, 0.5) is 0 Å². The fourth-order valence-corrected chi connectivity index (χ4v) is 6.97. The Hall–Kier alpha value is -2.35. The molecule has 2 saturated heterocycles. The summed E-state index contributed by atoms with van der Waals surface area (Å²) in [5.41, 5.74) is 4.37. The number of carbonyl (C=O) groups excluding carboxylic acids is 1. The lowest BCUT2D eigenvalue weighted by Gasteiger charge is -2.38. The fourth-order valence-electron chi connectivity index (χ4n) is 6.46. The standard InChI is InChI=1S/C27H35BrN4O3/c1-29-16-31-7-4-17(15-31)10-24(35)32-8-5-18(6-9-32)26-25-19(12-22(33)13-23(25)34)2-3-20-11-21(28)14-30-27(20)26/h12-14,16-18,21,26,33-34H,2-11,15H2,1H3. The molecule has 0 spiro atoms. The van der Waals surface area contributed by atoms with Crippen LogP contribution in [0.1, 0.15) is 55.6 Å². The Bertz CT molecular complexity index is 1060. The van der Waals surface area contributed by atoms with Crippen LogP contribution in [0.15, 0.2) is 33.4 Å². The highest BCUT2D eigenvalue weighted by molar-refractivity contribution is 9.10. The Morgan fingerprint density at radius 1 is 1.20 bits per heavy atom. The number of benzene rings is 1. The maximum absolute atomic E-state index is 13.1. The number of phenolic OH excluding ortho intramolecular Hbond substituents is 2. The van der Waals surface area contributed by atoms with Crippen LogP contribution in [0, 0.1) is 11.8 Å². The van der Waals surface area contributed by atoms with Crippen LogP contribution in [0.2, 0.25) is 0 Å². The van der Waals surface area contributed by atoms with Crippen molar-refractivity contribution in [1.82, 2.24) is 9.80 Å². The van der Waals surface area contributed by atoms with Crippen molar-refractivity contribution in [2.45, 2.75) is 55.7 Å². The predicted molar refractivity (Wildman–Crippen MR) is 142 cm³/mol. The Morgan fingerprint density at radius 3 is 2.77 bits per heavy atom. The summed E-state index contributed by atoms with van der Waals surface area (Å²) < 4.78 is 0. The molecule has 3 atom stereocenters. The lowest BCUT2D eigenvalue weighted by molar-refractivity contribution is -0.133. The molecule has 35 heavy (non-hydrogen) atoms. The minimum atomic E-state index is -0.00618. The number of allylic oxidation sites excluding steroid dienone is 2. The number of rotatable bonds is 4. The number of nitrogens with zero attached hydrogens (tertiary/aromatic N) is 4. The van der Waals surface area contributed by atoms with Gasteiger partial charge in [0.25, 0.3) is 0 Å². The molecule has 1 aromatic rings. The van der Waals surface area contributed by atoms with Gasteiger partial charge < -0.3 is 20.0 Å². The fraction of sp³-hybridized carbons (Fsp3) is 0.593. The number of piperidine rings is 1. The molecule has 1 amide bonds. The molecule has 0 saturated carbocycles. The summed E-state index contributed by atoms with van der Waals surface area (Å²) in [5, 5.41) is 21.1. The number of hydrogen-bond donors (Lipinski definition) is 2. The van der Waals surface area contributed by atoms with E-state index < -0.39 is 0 Å². The van der Waals surface area contributed by atoms with Crippen molar-refractivity contribution in [2.75, 3.05) is 33.2 Å². The first-order valence-electron chi connectivity index (χ1n) is 12.8. The maximum Gasteiger partial charge on any atom is 0.222 e. The van der Waals surface area contributed by atoms with Gasteiger partial charge in [-0.1, -0.05) is 15.9 Å². The Balaban J connectivity index is 1.32. The van der Waals surface area contributed by atoms with Gasteiger partial charge in [-0.05, 0) is 67.6 Å². The summed E-state index contributed by atoms with van der Waals surface area (Å²) in [6.07, 6.45) is 9.89. The van der Waals surface area contributed by atoms with Gasteiger partial charge in [-0.3, -0.25) is 14.8 Å². The molecule has 2 fully saturated rings. The van der Waals surface area contributed by atoms with Crippen LogP contribution in [0.3, 0.4) is 0 Å². The van der Waals surface area contributed by atoms with Gasteiger partial charge in [0.05, 0.1) is 11.2 Å². The number of amides is 1. The second kappa shape index (κ2) is 10.3. The van der Waals surface area contributed by atoms with Gasteiger partial charge in [-0.2, -0.15) is 0 Å². The van der Waals surface area contributed by atoms with Gasteiger partial charge >= 0.3 is 0 Å². The number of aryl methyl sites for hydroxylation is 1. The Kier molecular flexibility index (Phi) is 7.19. The van der Waals surface area contributed by atoms with E-state index in [4.69, 9.17) is 4.99 Å². The SMILES string of the molecule is CN=CN1CCC(CC(=O)N2CCC(C3C4=C(CCc5cc(O)cc(O)c53)CC(Br)C=N4)CC2)C1. The van der Waals surface area contributed by atoms with E-state index in [0.717, 1.165) is 81.5 Å². The van der Waals surface area contributed by atoms with E-state index in [-0.39, 0.29) is 28.2 Å². The molecule has 0 aromatic heterocycles. The molecule has 1 aromatic carbocycles. The molecule has 3 unspecified atom stereocenters. The number of alkyl halides is 1. The van der Waals surface area contributed by atoms with E-state index in [1.165, 1.54) is 11.6 Å². The third kappa shape index (κ3) is 5.13. The third-order valence-electron chi connectivity index (χ3n) is 8.13. The topological polar surface area (TPSA) is 88.7 Å². The number of aromatic hydroxyl groups is 2. The molecule has 4 aliphatic rings. The summed E-state index contributed by atoms with van der Waals surface area (Å²) in [5.74, 6) is 1.22. The summed E-state index contributed by atoms with van der Waals surface area (Å²) in [6.45, 7) is 3.38. The monoisotopic (exact) mass is 542 g/mol. The Labute approximate surface area is 215 Å². The maximum atomic E-state index is 13.1. The zero-order chi connectivity index (χ0) is 24.5. The van der Waals surface area contributed by atoms with Crippen molar-refractivity contribution < 1.29 is 15.0 Å².